The van der Waals surface area contributed by atoms with Gasteiger partial charge >= 0.3 is 0 Å². The summed E-state index contributed by atoms with van der Waals surface area (Å²) < 4.78 is 26.8. The Bertz CT molecular complexity index is 1470. The highest BCUT2D eigenvalue weighted by Gasteiger charge is 2.19. The van der Waals surface area contributed by atoms with Crippen molar-refractivity contribution in [2.45, 2.75) is 26.5 Å². The number of nitrogens with two attached hydrogens (primary N) is 1. The highest BCUT2D eigenvalue weighted by Crippen LogP contribution is 2.35. The summed E-state index contributed by atoms with van der Waals surface area (Å²) >= 11 is 0. The lowest BCUT2D eigenvalue weighted by molar-refractivity contribution is 0.112. The first-order chi connectivity index (χ1) is 18.8. The van der Waals surface area contributed by atoms with Crippen molar-refractivity contribution in [1.29, 1.82) is 0 Å². The number of carbonyl (C=O) groups is 1. The summed E-state index contributed by atoms with van der Waals surface area (Å²) in [5.74, 6) is 0.872. The second kappa shape index (κ2) is 12.2. The van der Waals surface area contributed by atoms with Gasteiger partial charge in [-0.15, -0.1) is 0 Å². The van der Waals surface area contributed by atoms with Gasteiger partial charge in [0.15, 0.2) is 17.8 Å². The molecule has 0 aliphatic heterocycles. The van der Waals surface area contributed by atoms with E-state index in [2.05, 4.69) is 37.6 Å². The number of nitrogen functional groups attached to an aromatic ring is 1. The van der Waals surface area contributed by atoms with E-state index in [-0.39, 0.29) is 29.7 Å². The molecule has 0 saturated heterocycles. The van der Waals surface area contributed by atoms with Crippen LogP contribution in [0.3, 0.4) is 0 Å². The molecule has 204 valence electrons. The second-order valence-corrected chi connectivity index (χ2v) is 8.69. The van der Waals surface area contributed by atoms with Gasteiger partial charge in [0.25, 0.3) is 0 Å². The monoisotopic (exact) mass is 534 g/mol. The number of likely N-dealkylation sites (N-methyl/N-ethyl adjacent to an activating group) is 1. The Morgan fingerprint density at radius 3 is 2.74 bits per heavy atom. The first-order valence-corrected chi connectivity index (χ1v) is 12.4. The number of aldehydes is 1. The number of hydrogen-bond acceptors (Lipinski definition) is 10. The van der Waals surface area contributed by atoms with Gasteiger partial charge in [-0.2, -0.15) is 9.61 Å². The van der Waals surface area contributed by atoms with Crippen LogP contribution < -0.4 is 26.4 Å². The number of hydrogen-bond donors (Lipinski definition) is 4. The zero-order chi connectivity index (χ0) is 27.9. The minimum atomic E-state index is -0.501. The molecule has 0 spiro atoms. The fourth-order valence-electron chi connectivity index (χ4n) is 4.02. The molecule has 0 radical (unpaired) electrons. The summed E-state index contributed by atoms with van der Waals surface area (Å²) in [6.07, 6.45) is 2.98. The van der Waals surface area contributed by atoms with Crippen LogP contribution in [0.5, 0.6) is 5.88 Å². The van der Waals surface area contributed by atoms with E-state index in [4.69, 9.17) is 15.2 Å². The average Bonchev–Trinajstić information content (AvgIpc) is 3.33. The molecule has 11 nitrogen and oxygen atoms in total. The molecule has 0 fully saturated rings. The van der Waals surface area contributed by atoms with Crippen molar-refractivity contribution in [2.75, 3.05) is 36.6 Å². The quantitative estimate of drug-likeness (QED) is 0.148. The van der Waals surface area contributed by atoms with Crippen molar-refractivity contribution < 1.29 is 18.7 Å². The normalized spacial score (nSPS) is 11.7. The maximum Gasteiger partial charge on any atom is 0.218 e. The Kier molecular flexibility index (Phi) is 8.56. The number of ether oxygens (including phenoxy) is 2. The second-order valence-electron chi connectivity index (χ2n) is 8.69. The molecule has 0 aliphatic carbocycles. The molecule has 5 N–H and O–H groups in total. The number of pyridine rings is 1. The summed E-state index contributed by atoms with van der Waals surface area (Å²) in [7, 11) is 1.82. The average molecular weight is 535 g/mol. The summed E-state index contributed by atoms with van der Waals surface area (Å²) in [5.41, 5.74) is 9.66. The number of nitrogens with one attached hydrogen (secondary N) is 3. The van der Waals surface area contributed by atoms with Crippen LogP contribution in [0.4, 0.5) is 21.7 Å². The number of fused-ring (bicyclic) bond motifs is 1. The van der Waals surface area contributed by atoms with E-state index in [1.165, 1.54) is 16.8 Å². The van der Waals surface area contributed by atoms with E-state index in [0.717, 1.165) is 17.4 Å². The van der Waals surface area contributed by atoms with Gasteiger partial charge in [0.05, 0.1) is 30.1 Å². The maximum absolute atomic E-state index is 14.1. The molecule has 1 unspecified atom stereocenters. The van der Waals surface area contributed by atoms with Gasteiger partial charge in [0.2, 0.25) is 5.88 Å². The van der Waals surface area contributed by atoms with Crippen molar-refractivity contribution in [3.63, 3.8) is 0 Å². The number of aromatic nitrogens is 4. The van der Waals surface area contributed by atoms with E-state index >= 15 is 0 Å². The van der Waals surface area contributed by atoms with Crippen LogP contribution in [-0.2, 0) is 11.3 Å². The molecule has 0 bridgehead atoms. The molecule has 3 heterocycles. The van der Waals surface area contributed by atoms with E-state index in [0.29, 0.717) is 48.1 Å². The number of nitrogens with zero attached hydrogens (tertiary/aromatic N) is 4. The zero-order valence-electron chi connectivity index (χ0n) is 22.0. The molecule has 12 heteroatoms. The Morgan fingerprint density at radius 1 is 1.28 bits per heavy atom. The predicted octanol–water partition coefficient (Wildman–Crippen LogP) is 3.84. The van der Waals surface area contributed by atoms with Crippen molar-refractivity contribution in [1.82, 2.24) is 24.9 Å². The van der Waals surface area contributed by atoms with Gasteiger partial charge in [-0.3, -0.25) is 4.79 Å². The number of rotatable bonds is 13. The first-order valence-electron chi connectivity index (χ1n) is 12.4. The summed E-state index contributed by atoms with van der Waals surface area (Å²) in [6, 6.07) is 8.75. The van der Waals surface area contributed by atoms with Crippen LogP contribution in [0.2, 0.25) is 0 Å². The lowest BCUT2D eigenvalue weighted by Crippen LogP contribution is -2.27. The third-order valence-electron chi connectivity index (χ3n) is 5.76. The Labute approximate surface area is 225 Å². The lowest BCUT2D eigenvalue weighted by Gasteiger charge is -2.18. The Hall–Kier alpha value is -4.71. The van der Waals surface area contributed by atoms with E-state index in [1.807, 2.05) is 45.2 Å². The fourth-order valence-corrected chi connectivity index (χ4v) is 4.02. The number of carbonyl (C=O) groups excluding carboxylic acids is 1. The highest BCUT2D eigenvalue weighted by molar-refractivity contribution is 5.90. The molecule has 4 aromatic rings. The Balaban J connectivity index is 1.71. The lowest BCUT2D eigenvalue weighted by atomic mass is 10.1. The highest BCUT2D eigenvalue weighted by atomic mass is 19.1. The van der Waals surface area contributed by atoms with Crippen molar-refractivity contribution >= 4 is 29.3 Å². The molecule has 4 rings (SSSR count). The van der Waals surface area contributed by atoms with Crippen molar-refractivity contribution in [3.8, 4) is 17.0 Å². The third-order valence-corrected chi connectivity index (χ3v) is 5.76. The van der Waals surface area contributed by atoms with Gasteiger partial charge in [-0.25, -0.2) is 14.4 Å². The molecular weight excluding hydrogens is 503 g/mol. The SMILES string of the molecule is C=C(Nc1ccc(-c2c(NCc3cc(F)cnc3OC(C)CNC)nc3c(C=O)cnn3c2N)cc1)OCC. The molecule has 0 saturated carbocycles. The first kappa shape index (κ1) is 27.3. The molecular formula is C27H31FN8O3. The van der Waals surface area contributed by atoms with Gasteiger partial charge < -0.3 is 31.2 Å². The Morgan fingerprint density at radius 2 is 2.05 bits per heavy atom. The fraction of sp³-hybridized carbons (Fsp3) is 0.259. The van der Waals surface area contributed by atoms with Crippen LogP contribution in [0.15, 0.2) is 55.2 Å². The van der Waals surface area contributed by atoms with Gasteiger partial charge in [-0.05, 0) is 51.2 Å². The number of anilines is 3. The van der Waals surface area contributed by atoms with Gasteiger partial charge in [0.1, 0.15) is 23.6 Å². The van der Waals surface area contributed by atoms with Crippen molar-refractivity contribution in [2.24, 2.45) is 0 Å². The third kappa shape index (κ3) is 6.24. The largest absolute Gasteiger partial charge is 0.480 e. The van der Waals surface area contributed by atoms with Crippen LogP contribution in [0.1, 0.15) is 29.8 Å². The summed E-state index contributed by atoms with van der Waals surface area (Å²) in [6.45, 7) is 8.80. The van der Waals surface area contributed by atoms with Crippen molar-refractivity contribution in [3.05, 3.63) is 72.1 Å². The standard InChI is InChI=1S/C27H31FN8O3/c1-5-38-17(3)34-22-8-6-18(7-9-22)23-24(29)36-26(20(15-37)13-33-36)35-25(23)31-12-19-10-21(28)14-32-27(19)39-16(2)11-30-4/h6-10,13-16,30,34H,3,5,11-12,29H2,1-2,4H3,(H,31,35). The van der Waals surface area contributed by atoms with E-state index in [1.54, 1.807) is 0 Å². The molecule has 3 aromatic heterocycles. The van der Waals surface area contributed by atoms with E-state index < -0.39 is 5.82 Å². The molecule has 1 aromatic carbocycles. The van der Waals surface area contributed by atoms with Crippen LogP contribution >= 0.6 is 0 Å². The maximum atomic E-state index is 14.1. The predicted molar refractivity (Wildman–Crippen MR) is 148 cm³/mol. The topological polar surface area (TPSA) is 141 Å². The summed E-state index contributed by atoms with van der Waals surface area (Å²) in [5, 5.41) is 13.6. The smallest absolute Gasteiger partial charge is 0.218 e. The summed E-state index contributed by atoms with van der Waals surface area (Å²) in [4.78, 5) is 20.4. The number of benzene rings is 1. The molecule has 1 atom stereocenters. The minimum Gasteiger partial charge on any atom is -0.480 e. The zero-order valence-corrected chi connectivity index (χ0v) is 22.0. The molecule has 0 aliphatic rings. The van der Waals surface area contributed by atoms with Crippen LogP contribution in [0, 0.1) is 5.82 Å². The molecule has 0 amide bonds. The van der Waals surface area contributed by atoms with Gasteiger partial charge in [-0.1, -0.05) is 12.1 Å². The van der Waals surface area contributed by atoms with Crippen LogP contribution in [-0.4, -0.2) is 52.2 Å². The minimum absolute atomic E-state index is 0.125. The molecule has 39 heavy (non-hydrogen) atoms. The van der Waals surface area contributed by atoms with Crippen LogP contribution in [0.25, 0.3) is 16.8 Å². The van der Waals surface area contributed by atoms with E-state index in [9.17, 15) is 9.18 Å². The van der Waals surface area contributed by atoms with Gasteiger partial charge in [0, 0.05) is 24.3 Å². The number of halogens is 1.